The van der Waals surface area contributed by atoms with Crippen molar-refractivity contribution in [2.75, 3.05) is 13.2 Å². The molecule has 0 saturated carbocycles. The van der Waals surface area contributed by atoms with Crippen molar-refractivity contribution in [3.63, 3.8) is 0 Å². The zero-order chi connectivity index (χ0) is 19.8. The minimum Gasteiger partial charge on any atom is -0.439 e. The molecule has 5 nitrogen and oxygen atoms in total. The predicted molar refractivity (Wildman–Crippen MR) is 124 cm³/mol. The van der Waals surface area contributed by atoms with Crippen molar-refractivity contribution in [3.05, 3.63) is 89.1 Å². The van der Waals surface area contributed by atoms with E-state index in [9.17, 15) is 10.2 Å². The molecule has 30 heavy (non-hydrogen) atoms. The van der Waals surface area contributed by atoms with Crippen LogP contribution in [0.1, 0.15) is 17.2 Å². The quantitative estimate of drug-likeness (QED) is 0.425. The molecule has 1 heterocycles. The van der Waals surface area contributed by atoms with E-state index in [-0.39, 0.29) is 37.5 Å². The number of rotatable bonds is 9. The summed E-state index contributed by atoms with van der Waals surface area (Å²) in [7, 11) is 0. The van der Waals surface area contributed by atoms with Gasteiger partial charge in [0, 0.05) is 29.9 Å². The highest BCUT2D eigenvalue weighted by atomic mass is 35.5. The zero-order valence-electron chi connectivity index (χ0n) is 16.1. The van der Waals surface area contributed by atoms with Crippen LogP contribution in [-0.4, -0.2) is 34.4 Å². The third-order valence-electron chi connectivity index (χ3n) is 4.32. The monoisotopic (exact) mass is 470 g/mol. The molecule has 0 spiro atoms. The van der Waals surface area contributed by atoms with Crippen LogP contribution in [0.25, 0.3) is 0 Å². The number of aromatic nitrogens is 1. The van der Waals surface area contributed by atoms with Gasteiger partial charge in [-0.15, -0.1) is 24.8 Å². The number of ether oxygens (including phenoxy) is 1. The molecule has 0 saturated heterocycles. The fourth-order valence-electron chi connectivity index (χ4n) is 2.82. The van der Waals surface area contributed by atoms with Crippen molar-refractivity contribution in [1.29, 1.82) is 0 Å². The van der Waals surface area contributed by atoms with Crippen LogP contribution in [0.3, 0.4) is 0 Å². The molecule has 0 radical (unpaired) electrons. The number of halogens is 3. The third kappa shape index (κ3) is 8.11. The minimum atomic E-state index is -0.693. The standard InChI is InChI=1S/C22H23ClN2O3.2ClH/c23-18-5-3-4-17(13-18)21(27)14-25-19(15-26)12-16-7-9-20(10-8-16)28-22-6-1-2-11-24-22;;/h1-11,13,19,21,25-27H,12,14-15H2;2*1H/t19-,21+;;/m0../s1. The lowest BCUT2D eigenvalue weighted by Gasteiger charge is -2.19. The number of benzene rings is 2. The van der Waals surface area contributed by atoms with Crippen molar-refractivity contribution in [2.24, 2.45) is 0 Å². The van der Waals surface area contributed by atoms with Gasteiger partial charge in [-0.25, -0.2) is 4.98 Å². The molecule has 0 bridgehead atoms. The van der Waals surface area contributed by atoms with Gasteiger partial charge in [-0.05, 0) is 47.9 Å². The molecule has 2 aromatic carbocycles. The Hall–Kier alpha value is -1.86. The number of aliphatic hydroxyl groups is 2. The second kappa shape index (κ2) is 13.4. The Morgan fingerprint density at radius 1 is 1.00 bits per heavy atom. The molecule has 0 amide bonds. The van der Waals surface area contributed by atoms with Gasteiger partial charge >= 0.3 is 0 Å². The number of hydrogen-bond donors (Lipinski definition) is 3. The second-order valence-corrected chi connectivity index (χ2v) is 6.91. The maximum absolute atomic E-state index is 10.3. The topological polar surface area (TPSA) is 74.6 Å². The van der Waals surface area contributed by atoms with Gasteiger partial charge in [-0.2, -0.15) is 0 Å². The van der Waals surface area contributed by atoms with Crippen molar-refractivity contribution in [3.8, 4) is 11.6 Å². The first-order chi connectivity index (χ1) is 13.6. The van der Waals surface area contributed by atoms with E-state index in [1.807, 2.05) is 42.5 Å². The van der Waals surface area contributed by atoms with Crippen molar-refractivity contribution in [1.82, 2.24) is 10.3 Å². The normalized spacial score (nSPS) is 12.2. The molecule has 0 aliphatic heterocycles. The predicted octanol–water partition coefficient (Wildman–Crippen LogP) is 4.60. The number of nitrogens with zero attached hydrogens (tertiary/aromatic N) is 1. The van der Waals surface area contributed by atoms with E-state index in [1.54, 1.807) is 30.5 Å². The van der Waals surface area contributed by atoms with Crippen LogP contribution in [0.5, 0.6) is 11.6 Å². The molecule has 2 atom stereocenters. The maximum atomic E-state index is 10.3. The summed E-state index contributed by atoms with van der Waals surface area (Å²) in [4.78, 5) is 4.13. The van der Waals surface area contributed by atoms with Crippen LogP contribution in [0, 0.1) is 0 Å². The lowest BCUT2D eigenvalue weighted by atomic mass is 10.1. The number of aliphatic hydroxyl groups excluding tert-OH is 2. The molecule has 162 valence electrons. The molecular formula is C22H25Cl3N2O3. The summed E-state index contributed by atoms with van der Waals surface area (Å²) in [5.41, 5.74) is 1.80. The lowest BCUT2D eigenvalue weighted by molar-refractivity contribution is 0.158. The number of nitrogens with one attached hydrogen (secondary N) is 1. The van der Waals surface area contributed by atoms with Crippen LogP contribution in [-0.2, 0) is 6.42 Å². The highest BCUT2D eigenvalue weighted by molar-refractivity contribution is 6.30. The molecule has 1 aromatic heterocycles. The van der Waals surface area contributed by atoms with E-state index < -0.39 is 6.10 Å². The van der Waals surface area contributed by atoms with Gasteiger partial charge in [0.2, 0.25) is 5.88 Å². The molecular weight excluding hydrogens is 447 g/mol. The van der Waals surface area contributed by atoms with Gasteiger partial charge in [0.25, 0.3) is 0 Å². The Kier molecular flexibility index (Phi) is 11.7. The molecule has 0 aliphatic rings. The first kappa shape index (κ1) is 26.2. The number of pyridine rings is 1. The number of hydrogen-bond acceptors (Lipinski definition) is 5. The fourth-order valence-corrected chi connectivity index (χ4v) is 3.02. The SMILES string of the molecule is Cl.Cl.OC[C@H](Cc1ccc(Oc2ccccn2)cc1)NC[C@@H](O)c1cccc(Cl)c1. The van der Waals surface area contributed by atoms with Gasteiger partial charge in [0.1, 0.15) is 5.75 Å². The van der Waals surface area contributed by atoms with Crippen LogP contribution in [0.2, 0.25) is 5.02 Å². The smallest absolute Gasteiger partial charge is 0.219 e. The van der Waals surface area contributed by atoms with Crippen molar-refractivity contribution >= 4 is 36.4 Å². The van der Waals surface area contributed by atoms with Crippen LogP contribution in [0.15, 0.2) is 72.9 Å². The summed E-state index contributed by atoms with van der Waals surface area (Å²) in [5.74, 6) is 1.24. The summed E-state index contributed by atoms with van der Waals surface area (Å²) in [6.45, 7) is 0.293. The van der Waals surface area contributed by atoms with Gasteiger partial charge in [-0.3, -0.25) is 0 Å². The van der Waals surface area contributed by atoms with Crippen LogP contribution < -0.4 is 10.1 Å². The van der Waals surface area contributed by atoms with Gasteiger partial charge in [0.05, 0.1) is 12.7 Å². The van der Waals surface area contributed by atoms with E-state index in [2.05, 4.69) is 10.3 Å². The average Bonchev–Trinajstić information content (AvgIpc) is 2.73. The summed E-state index contributed by atoms with van der Waals surface area (Å²) in [6, 6.07) is 20.1. The Morgan fingerprint density at radius 3 is 2.40 bits per heavy atom. The first-order valence-corrected chi connectivity index (χ1v) is 9.47. The van der Waals surface area contributed by atoms with Crippen LogP contribution >= 0.6 is 36.4 Å². The molecule has 0 unspecified atom stereocenters. The molecule has 3 N–H and O–H groups in total. The van der Waals surface area contributed by atoms with E-state index >= 15 is 0 Å². The highest BCUT2D eigenvalue weighted by Gasteiger charge is 2.13. The largest absolute Gasteiger partial charge is 0.439 e. The van der Waals surface area contributed by atoms with E-state index in [1.165, 1.54) is 0 Å². The second-order valence-electron chi connectivity index (χ2n) is 6.48. The Labute approximate surface area is 193 Å². The van der Waals surface area contributed by atoms with E-state index in [0.29, 0.717) is 29.6 Å². The molecule has 0 aliphatic carbocycles. The van der Waals surface area contributed by atoms with Crippen molar-refractivity contribution < 1.29 is 14.9 Å². The molecule has 0 fully saturated rings. The first-order valence-electron chi connectivity index (χ1n) is 9.09. The third-order valence-corrected chi connectivity index (χ3v) is 4.55. The van der Waals surface area contributed by atoms with Gasteiger partial charge in [-0.1, -0.05) is 41.9 Å². The summed E-state index contributed by atoms with van der Waals surface area (Å²) >= 11 is 5.96. The fraction of sp³-hybridized carbons (Fsp3) is 0.227. The van der Waals surface area contributed by atoms with Gasteiger partial charge in [0.15, 0.2) is 0 Å². The summed E-state index contributed by atoms with van der Waals surface area (Å²) in [6.07, 6.45) is 1.61. The molecule has 3 aromatic rings. The Morgan fingerprint density at radius 2 is 1.77 bits per heavy atom. The van der Waals surface area contributed by atoms with E-state index in [4.69, 9.17) is 16.3 Å². The molecule has 8 heteroatoms. The lowest BCUT2D eigenvalue weighted by Crippen LogP contribution is -2.37. The average molecular weight is 472 g/mol. The van der Waals surface area contributed by atoms with Crippen LogP contribution in [0.4, 0.5) is 0 Å². The Balaban J connectivity index is 0.00000225. The molecule has 3 rings (SSSR count). The highest BCUT2D eigenvalue weighted by Crippen LogP contribution is 2.20. The van der Waals surface area contributed by atoms with Crippen molar-refractivity contribution in [2.45, 2.75) is 18.6 Å². The van der Waals surface area contributed by atoms with E-state index in [0.717, 1.165) is 11.1 Å². The van der Waals surface area contributed by atoms with Gasteiger partial charge < -0.3 is 20.3 Å². The summed E-state index contributed by atoms with van der Waals surface area (Å²) in [5, 5.41) is 23.8. The summed E-state index contributed by atoms with van der Waals surface area (Å²) < 4.78 is 5.68. The zero-order valence-corrected chi connectivity index (χ0v) is 18.5. The maximum Gasteiger partial charge on any atom is 0.219 e. The Bertz CT molecular complexity index is 867. The minimum absolute atomic E-state index is 0.